The van der Waals surface area contributed by atoms with Crippen molar-refractivity contribution in [3.05, 3.63) is 0 Å². The van der Waals surface area contributed by atoms with Gasteiger partial charge < -0.3 is 9.84 Å². The van der Waals surface area contributed by atoms with Crippen LogP contribution in [0.25, 0.3) is 0 Å². The maximum absolute atomic E-state index is 12.4. The van der Waals surface area contributed by atoms with Crippen LogP contribution in [0.15, 0.2) is 0 Å². The number of carbonyl (C=O) groups is 1. The van der Waals surface area contributed by atoms with Crippen LogP contribution in [0.2, 0.25) is 0 Å². The quantitative estimate of drug-likeness (QED) is 0.786. The molecule has 0 radical (unpaired) electrons. The summed E-state index contributed by atoms with van der Waals surface area (Å²) in [4.78, 5) is 14.6. The molecule has 4 unspecified atom stereocenters. The molecule has 0 aromatic carbocycles. The van der Waals surface area contributed by atoms with Crippen molar-refractivity contribution >= 4 is 5.78 Å². The highest BCUT2D eigenvalue weighted by Crippen LogP contribution is 2.42. The lowest BCUT2D eigenvalue weighted by molar-refractivity contribution is -0.168. The molecule has 4 nitrogen and oxygen atoms in total. The first-order chi connectivity index (χ1) is 8.06. The molecule has 0 spiro atoms. The topological polar surface area (TPSA) is 49.8 Å². The van der Waals surface area contributed by atoms with Crippen molar-refractivity contribution < 1.29 is 14.6 Å². The third kappa shape index (κ3) is 1.83. The number of piperidine rings is 3. The van der Waals surface area contributed by atoms with Crippen LogP contribution in [0.4, 0.5) is 0 Å². The van der Waals surface area contributed by atoms with Crippen molar-refractivity contribution in [2.75, 3.05) is 26.9 Å². The van der Waals surface area contributed by atoms with Gasteiger partial charge in [-0.3, -0.25) is 9.69 Å². The normalized spacial score (nSPS) is 41.2. The van der Waals surface area contributed by atoms with Crippen LogP contribution in [0, 0.1) is 11.8 Å². The van der Waals surface area contributed by atoms with E-state index in [1.54, 1.807) is 7.11 Å². The fourth-order valence-corrected chi connectivity index (χ4v) is 3.53. The van der Waals surface area contributed by atoms with Crippen molar-refractivity contribution in [1.29, 1.82) is 0 Å². The molecule has 0 aromatic rings. The van der Waals surface area contributed by atoms with E-state index in [0.29, 0.717) is 18.6 Å². The molecule has 17 heavy (non-hydrogen) atoms. The lowest BCUT2D eigenvalue weighted by Crippen LogP contribution is -2.72. The molecular weight excluding hydrogens is 218 g/mol. The van der Waals surface area contributed by atoms with Crippen LogP contribution in [0.3, 0.4) is 0 Å². The molecule has 0 saturated carbocycles. The predicted octanol–water partition coefficient (Wildman–Crippen LogP) is 0.683. The van der Waals surface area contributed by atoms with Gasteiger partial charge in [-0.2, -0.15) is 0 Å². The van der Waals surface area contributed by atoms with E-state index in [4.69, 9.17) is 4.74 Å². The summed E-state index contributed by atoms with van der Waals surface area (Å²) in [7, 11) is 1.60. The Hall–Kier alpha value is -0.450. The van der Waals surface area contributed by atoms with E-state index in [1.807, 2.05) is 0 Å². The zero-order chi connectivity index (χ0) is 12.6. The Kier molecular flexibility index (Phi) is 3.57. The van der Waals surface area contributed by atoms with E-state index in [9.17, 15) is 9.90 Å². The first kappa shape index (κ1) is 13.0. The van der Waals surface area contributed by atoms with Crippen molar-refractivity contribution in [3.8, 4) is 0 Å². The highest BCUT2D eigenvalue weighted by atomic mass is 16.5. The summed E-state index contributed by atoms with van der Waals surface area (Å²) in [5.74, 6) is 0.813. The van der Waals surface area contributed by atoms with Gasteiger partial charge in [0.15, 0.2) is 5.78 Å². The summed E-state index contributed by atoms with van der Waals surface area (Å²) in [6.07, 6.45) is 1.88. The van der Waals surface area contributed by atoms with E-state index in [-0.39, 0.29) is 18.3 Å². The van der Waals surface area contributed by atoms with Gasteiger partial charge in [-0.1, -0.05) is 13.8 Å². The molecule has 4 atom stereocenters. The maximum atomic E-state index is 12.4. The van der Waals surface area contributed by atoms with Crippen LogP contribution in [0.1, 0.15) is 26.7 Å². The lowest BCUT2D eigenvalue weighted by atomic mass is 9.69. The van der Waals surface area contributed by atoms with Gasteiger partial charge in [0, 0.05) is 25.6 Å². The molecule has 0 amide bonds. The third-order valence-corrected chi connectivity index (χ3v) is 4.44. The van der Waals surface area contributed by atoms with Gasteiger partial charge in [-0.15, -0.1) is 0 Å². The third-order valence-electron chi connectivity index (χ3n) is 4.44. The van der Waals surface area contributed by atoms with Gasteiger partial charge in [0.25, 0.3) is 0 Å². The van der Waals surface area contributed by atoms with E-state index >= 15 is 0 Å². The molecule has 0 aromatic heterocycles. The number of aliphatic hydroxyl groups is 1. The van der Waals surface area contributed by atoms with E-state index in [1.165, 1.54) is 0 Å². The minimum absolute atomic E-state index is 0.120. The molecule has 3 rings (SSSR count). The van der Waals surface area contributed by atoms with Crippen LogP contribution in [-0.4, -0.2) is 54.2 Å². The zero-order valence-corrected chi connectivity index (χ0v) is 11.0. The Labute approximate surface area is 103 Å². The number of hydrogen-bond donors (Lipinski definition) is 1. The minimum Gasteiger partial charge on any atom is -0.394 e. The lowest BCUT2D eigenvalue weighted by Gasteiger charge is -2.57. The van der Waals surface area contributed by atoms with Gasteiger partial charge in [-0.25, -0.2) is 0 Å². The van der Waals surface area contributed by atoms with E-state index < -0.39 is 5.54 Å². The van der Waals surface area contributed by atoms with Crippen LogP contribution < -0.4 is 0 Å². The molecule has 2 bridgehead atoms. The highest BCUT2D eigenvalue weighted by molar-refractivity contribution is 5.92. The second kappa shape index (κ2) is 4.67. The average Bonchev–Trinajstić information content (AvgIpc) is 2.33. The van der Waals surface area contributed by atoms with Crippen LogP contribution in [-0.2, 0) is 9.53 Å². The smallest absolute Gasteiger partial charge is 0.161 e. The number of Topliss-reactive ketones (excluding diaryl/α,β-unsaturated/α-hetero) is 1. The molecule has 1 N–H and O–H groups in total. The Morgan fingerprint density at radius 2 is 2.29 bits per heavy atom. The Morgan fingerprint density at radius 3 is 2.82 bits per heavy atom. The first-order valence-corrected chi connectivity index (χ1v) is 6.47. The number of carbonyl (C=O) groups excluding carboxylic acids is 1. The number of aliphatic hydroxyl groups excluding tert-OH is 1. The largest absolute Gasteiger partial charge is 0.394 e. The summed E-state index contributed by atoms with van der Waals surface area (Å²) >= 11 is 0. The summed E-state index contributed by atoms with van der Waals surface area (Å²) in [6, 6.07) is 0.397. The SMILES string of the molecule is COCC1(CO)C(=O)C2CCN1C(C(C)C)C2. The molecule has 3 heterocycles. The fraction of sp³-hybridized carbons (Fsp3) is 0.923. The maximum Gasteiger partial charge on any atom is 0.161 e. The number of hydrogen-bond acceptors (Lipinski definition) is 4. The molecule has 3 saturated heterocycles. The zero-order valence-electron chi connectivity index (χ0n) is 11.0. The Morgan fingerprint density at radius 1 is 1.59 bits per heavy atom. The monoisotopic (exact) mass is 241 g/mol. The van der Waals surface area contributed by atoms with Crippen LogP contribution >= 0.6 is 0 Å². The van der Waals surface area contributed by atoms with Gasteiger partial charge in [-0.05, 0) is 18.8 Å². The molecular formula is C13H23NO3. The first-order valence-electron chi connectivity index (χ1n) is 6.47. The molecule has 98 valence electrons. The second-order valence-electron chi connectivity index (χ2n) is 5.71. The van der Waals surface area contributed by atoms with Gasteiger partial charge in [0.2, 0.25) is 0 Å². The molecule has 3 fully saturated rings. The summed E-state index contributed by atoms with van der Waals surface area (Å²) in [5.41, 5.74) is -0.773. The van der Waals surface area contributed by atoms with Crippen molar-refractivity contribution in [3.63, 3.8) is 0 Å². The number of ketones is 1. The van der Waals surface area contributed by atoms with Gasteiger partial charge in [0.05, 0.1) is 13.2 Å². The van der Waals surface area contributed by atoms with E-state index in [2.05, 4.69) is 18.7 Å². The second-order valence-corrected chi connectivity index (χ2v) is 5.71. The average molecular weight is 241 g/mol. The molecule has 4 heteroatoms. The van der Waals surface area contributed by atoms with Crippen molar-refractivity contribution in [2.24, 2.45) is 11.8 Å². The number of nitrogens with zero attached hydrogens (tertiary/aromatic N) is 1. The number of ether oxygens (including phenoxy) is 1. The summed E-state index contributed by atoms with van der Waals surface area (Å²) in [6.45, 7) is 5.46. The van der Waals surface area contributed by atoms with Gasteiger partial charge >= 0.3 is 0 Å². The molecule has 0 aliphatic carbocycles. The van der Waals surface area contributed by atoms with Crippen molar-refractivity contribution in [2.45, 2.75) is 38.3 Å². The van der Waals surface area contributed by atoms with Gasteiger partial charge in [0.1, 0.15) is 5.54 Å². The highest BCUT2D eigenvalue weighted by Gasteiger charge is 2.56. The predicted molar refractivity (Wildman–Crippen MR) is 64.8 cm³/mol. The molecule has 3 aliphatic heterocycles. The Bertz CT molecular complexity index is 305. The molecule has 3 aliphatic rings. The number of methoxy groups -OCH3 is 1. The Balaban J connectivity index is 2.33. The summed E-state index contributed by atoms with van der Waals surface area (Å²) < 4.78 is 5.20. The fourth-order valence-electron chi connectivity index (χ4n) is 3.53. The number of fused-ring (bicyclic) bond motifs is 3. The van der Waals surface area contributed by atoms with E-state index in [0.717, 1.165) is 19.4 Å². The van der Waals surface area contributed by atoms with Crippen molar-refractivity contribution in [1.82, 2.24) is 4.90 Å². The number of rotatable bonds is 4. The minimum atomic E-state index is -0.773. The summed E-state index contributed by atoms with van der Waals surface area (Å²) in [5, 5.41) is 9.72. The standard InChI is InChI=1S/C13H23NO3/c1-9(2)11-6-10-4-5-14(11)13(7-15,8-17-3)12(10)16/h9-11,15H,4-8H2,1-3H3. The van der Waals surface area contributed by atoms with Crippen LogP contribution in [0.5, 0.6) is 0 Å².